The number of hydrogen-bond acceptors (Lipinski definition) is 4. The predicted molar refractivity (Wildman–Crippen MR) is 84.8 cm³/mol. The molecule has 0 spiro atoms. The smallest absolute Gasteiger partial charge is 0.244 e. The van der Waals surface area contributed by atoms with E-state index in [4.69, 9.17) is 0 Å². The summed E-state index contributed by atoms with van der Waals surface area (Å²) in [4.78, 5) is 4.22. The lowest BCUT2D eigenvalue weighted by atomic mass is 9.84. The van der Waals surface area contributed by atoms with Crippen molar-refractivity contribution in [2.75, 3.05) is 11.9 Å². The van der Waals surface area contributed by atoms with Crippen molar-refractivity contribution in [2.45, 2.75) is 62.8 Å². The van der Waals surface area contributed by atoms with Crippen LogP contribution in [0.15, 0.2) is 23.4 Å². The second-order valence-corrected chi connectivity index (χ2v) is 7.68. The Hall–Kier alpha value is -1.14. The average Bonchev–Trinajstić information content (AvgIpc) is 2.45. The van der Waals surface area contributed by atoms with Gasteiger partial charge in [0.2, 0.25) is 10.0 Å². The molecule has 0 saturated heterocycles. The van der Waals surface area contributed by atoms with Crippen LogP contribution in [0.2, 0.25) is 0 Å². The summed E-state index contributed by atoms with van der Waals surface area (Å²) >= 11 is 0. The molecule has 1 aliphatic rings. The monoisotopic (exact) mass is 311 g/mol. The summed E-state index contributed by atoms with van der Waals surface area (Å²) in [5.74, 6) is 0. The quantitative estimate of drug-likeness (QED) is 0.847. The van der Waals surface area contributed by atoms with Gasteiger partial charge >= 0.3 is 0 Å². The van der Waals surface area contributed by atoms with Crippen LogP contribution in [-0.4, -0.2) is 25.5 Å². The van der Waals surface area contributed by atoms with E-state index < -0.39 is 10.0 Å². The third kappa shape index (κ3) is 4.17. The van der Waals surface area contributed by atoms with Crippen LogP contribution >= 0.6 is 0 Å². The first-order valence-corrected chi connectivity index (χ1v) is 9.17. The van der Waals surface area contributed by atoms with Crippen LogP contribution in [0, 0.1) is 0 Å². The van der Waals surface area contributed by atoms with Gasteiger partial charge in [-0.25, -0.2) is 13.1 Å². The third-order valence-electron chi connectivity index (χ3n) is 3.98. The zero-order valence-corrected chi connectivity index (χ0v) is 13.7. The van der Waals surface area contributed by atoms with E-state index in [9.17, 15) is 8.42 Å². The largest absolute Gasteiger partial charge is 0.384 e. The highest BCUT2D eigenvalue weighted by atomic mass is 32.2. The first-order valence-electron chi connectivity index (χ1n) is 7.69. The fourth-order valence-corrected chi connectivity index (χ4v) is 4.41. The Morgan fingerprint density at radius 3 is 2.67 bits per heavy atom. The number of pyridine rings is 1. The molecule has 0 unspecified atom stereocenters. The maximum atomic E-state index is 12.7. The van der Waals surface area contributed by atoms with E-state index in [1.54, 1.807) is 12.3 Å². The Morgan fingerprint density at radius 2 is 2.00 bits per heavy atom. The Balaban J connectivity index is 2.22. The zero-order valence-electron chi connectivity index (χ0n) is 12.9. The van der Waals surface area contributed by atoms with Crippen LogP contribution in [-0.2, 0) is 10.0 Å². The zero-order chi connectivity index (χ0) is 15.3. The van der Waals surface area contributed by atoms with Gasteiger partial charge in [0, 0.05) is 24.5 Å². The highest BCUT2D eigenvalue weighted by Gasteiger charge is 2.33. The minimum Gasteiger partial charge on any atom is -0.384 e. The Morgan fingerprint density at radius 1 is 1.29 bits per heavy atom. The lowest BCUT2D eigenvalue weighted by molar-refractivity contribution is 0.294. The fourth-order valence-electron chi connectivity index (χ4n) is 2.81. The van der Waals surface area contributed by atoms with Crippen molar-refractivity contribution in [1.29, 1.82) is 0 Å². The van der Waals surface area contributed by atoms with Gasteiger partial charge in [-0.05, 0) is 32.3 Å². The van der Waals surface area contributed by atoms with Crippen molar-refractivity contribution in [3.63, 3.8) is 0 Å². The van der Waals surface area contributed by atoms with Crippen LogP contribution in [0.3, 0.4) is 0 Å². The molecule has 0 aromatic carbocycles. The van der Waals surface area contributed by atoms with Gasteiger partial charge < -0.3 is 5.32 Å². The van der Waals surface area contributed by atoms with Crippen LogP contribution in [0.25, 0.3) is 0 Å². The van der Waals surface area contributed by atoms with E-state index >= 15 is 0 Å². The Bertz CT molecular complexity index is 566. The van der Waals surface area contributed by atoms with Gasteiger partial charge in [-0.3, -0.25) is 4.98 Å². The summed E-state index contributed by atoms with van der Waals surface area (Å²) in [5.41, 5.74) is 0.286. The maximum absolute atomic E-state index is 12.7. The highest BCUT2D eigenvalue weighted by molar-refractivity contribution is 7.89. The lowest BCUT2D eigenvalue weighted by Gasteiger charge is -2.34. The molecule has 2 N–H and O–H groups in total. The molecule has 0 bridgehead atoms. The van der Waals surface area contributed by atoms with E-state index in [0.29, 0.717) is 5.69 Å². The average molecular weight is 311 g/mol. The van der Waals surface area contributed by atoms with E-state index in [1.807, 2.05) is 13.8 Å². The maximum Gasteiger partial charge on any atom is 0.244 e. The molecule has 0 radical (unpaired) electrons. The second-order valence-electron chi connectivity index (χ2n) is 6.03. The molecule has 5 nitrogen and oxygen atoms in total. The molecule has 1 aromatic rings. The first-order chi connectivity index (χ1) is 9.97. The number of hydrogen-bond donors (Lipinski definition) is 2. The molecular formula is C15H25N3O2S. The van der Waals surface area contributed by atoms with Crippen LogP contribution in [0.5, 0.6) is 0 Å². The predicted octanol–water partition coefficient (Wildman–Crippen LogP) is 2.90. The molecule has 0 amide bonds. The summed E-state index contributed by atoms with van der Waals surface area (Å²) in [7, 11) is -3.55. The molecule has 6 heteroatoms. The molecule has 2 rings (SSSR count). The minimum atomic E-state index is -3.55. The summed E-state index contributed by atoms with van der Waals surface area (Å²) in [6.45, 7) is 4.78. The number of nitrogens with one attached hydrogen (secondary N) is 2. The Labute approximate surface area is 127 Å². The molecule has 0 aliphatic heterocycles. The van der Waals surface area contributed by atoms with Gasteiger partial charge in [-0.2, -0.15) is 0 Å². The molecular weight excluding hydrogens is 286 g/mol. The topological polar surface area (TPSA) is 71.1 Å². The first kappa shape index (κ1) is 16.2. The molecule has 1 fully saturated rings. The molecule has 118 valence electrons. The number of aromatic nitrogens is 1. The minimum absolute atomic E-state index is 0.241. The van der Waals surface area contributed by atoms with E-state index in [-0.39, 0.29) is 10.4 Å². The van der Waals surface area contributed by atoms with Gasteiger partial charge in [0.15, 0.2) is 0 Å². The van der Waals surface area contributed by atoms with Gasteiger partial charge in [0.05, 0.1) is 5.69 Å². The van der Waals surface area contributed by atoms with Crippen molar-refractivity contribution in [1.82, 2.24) is 9.71 Å². The van der Waals surface area contributed by atoms with Crippen molar-refractivity contribution in [3.8, 4) is 0 Å². The van der Waals surface area contributed by atoms with E-state index in [0.717, 1.165) is 38.6 Å². The molecule has 1 aromatic heterocycles. The number of anilines is 1. The van der Waals surface area contributed by atoms with Gasteiger partial charge in [-0.1, -0.05) is 26.2 Å². The van der Waals surface area contributed by atoms with Gasteiger partial charge in [0.1, 0.15) is 4.90 Å². The molecule has 21 heavy (non-hydrogen) atoms. The third-order valence-corrected chi connectivity index (χ3v) is 5.64. The summed E-state index contributed by atoms with van der Waals surface area (Å²) in [5, 5.41) is 3.16. The highest BCUT2D eigenvalue weighted by Crippen LogP contribution is 2.30. The number of sulfonamides is 1. The van der Waals surface area contributed by atoms with Crippen LogP contribution < -0.4 is 10.0 Å². The van der Waals surface area contributed by atoms with Crippen molar-refractivity contribution in [3.05, 3.63) is 18.5 Å². The van der Waals surface area contributed by atoms with Crippen molar-refractivity contribution < 1.29 is 8.42 Å². The molecule has 1 saturated carbocycles. The van der Waals surface area contributed by atoms with Crippen molar-refractivity contribution >= 4 is 15.7 Å². The number of nitrogens with zero attached hydrogens (tertiary/aromatic N) is 1. The lowest BCUT2D eigenvalue weighted by Crippen LogP contribution is -2.47. The molecule has 1 heterocycles. The van der Waals surface area contributed by atoms with Crippen LogP contribution in [0.1, 0.15) is 52.4 Å². The molecule has 0 atom stereocenters. The summed E-state index contributed by atoms with van der Waals surface area (Å²) in [6, 6.07) is 1.72. The van der Waals surface area contributed by atoms with E-state index in [2.05, 4.69) is 15.0 Å². The van der Waals surface area contributed by atoms with Crippen molar-refractivity contribution in [2.24, 2.45) is 0 Å². The normalized spacial score (nSPS) is 18.4. The standard InChI is InChI=1S/C15H25N3O2S/c1-3-10-17-13-7-11-16-12-14(13)21(19,20)18-15(2)8-5-4-6-9-15/h7,11-12,18H,3-6,8-10H2,1-2H3,(H,16,17). The van der Waals surface area contributed by atoms with E-state index in [1.165, 1.54) is 12.6 Å². The number of rotatable bonds is 6. The van der Waals surface area contributed by atoms with Gasteiger partial charge in [-0.15, -0.1) is 0 Å². The SMILES string of the molecule is CCCNc1ccncc1S(=O)(=O)NC1(C)CCCCC1. The second kappa shape index (κ2) is 6.75. The van der Waals surface area contributed by atoms with Gasteiger partial charge in [0.25, 0.3) is 0 Å². The summed E-state index contributed by atoms with van der Waals surface area (Å²) in [6.07, 6.45) is 9.10. The Kier molecular flexibility index (Phi) is 5.22. The summed E-state index contributed by atoms with van der Waals surface area (Å²) < 4.78 is 28.3. The fraction of sp³-hybridized carbons (Fsp3) is 0.667. The molecule has 1 aliphatic carbocycles. The van der Waals surface area contributed by atoms with Crippen LogP contribution in [0.4, 0.5) is 5.69 Å².